The van der Waals surface area contributed by atoms with Crippen molar-refractivity contribution in [3.8, 4) is 5.75 Å². The molecule has 1 amide bonds. The predicted octanol–water partition coefficient (Wildman–Crippen LogP) is 4.60. The molecule has 0 unspecified atom stereocenters. The second kappa shape index (κ2) is 9.12. The monoisotopic (exact) mass is 438 g/mol. The number of likely N-dealkylation sites (N-methyl/N-ethyl adjacent to an activating group) is 1. The van der Waals surface area contributed by atoms with E-state index >= 15 is 0 Å². The van der Waals surface area contributed by atoms with Gasteiger partial charge in [-0.2, -0.15) is 0 Å². The minimum atomic E-state index is -0.269. The summed E-state index contributed by atoms with van der Waals surface area (Å²) in [6.45, 7) is 9.48. The average Bonchev–Trinajstić information content (AvgIpc) is 2.79. The van der Waals surface area contributed by atoms with E-state index < -0.39 is 0 Å². The number of anilines is 2. The molecule has 0 bridgehead atoms. The zero-order valence-electron chi connectivity index (χ0n) is 18.1. The lowest BCUT2D eigenvalue weighted by Crippen LogP contribution is -2.46. The number of carbonyl (C=O) groups excluding carboxylic acids is 1. The maximum absolute atomic E-state index is 12.8. The minimum absolute atomic E-state index is 0.269. The van der Waals surface area contributed by atoms with E-state index in [1.807, 2.05) is 18.2 Å². The zero-order valence-corrected chi connectivity index (χ0v) is 18.9. The molecule has 7 heteroatoms. The molecule has 162 valence electrons. The number of methoxy groups -OCH3 is 1. The molecule has 1 aliphatic heterocycles. The van der Waals surface area contributed by atoms with E-state index in [4.69, 9.17) is 21.3 Å². The standard InChI is InChI=1S/C24H27ClN4O2/c1-4-28-9-11-29(12-10-28)23-13-16(2)19-15-18(6-7-21(19)27-23)26-24(30)20-14-17(25)5-8-22(20)31-3/h5-8,13-15H,4,9-12H2,1-3H3,(H,26,30). The highest BCUT2D eigenvalue weighted by molar-refractivity contribution is 6.31. The van der Waals surface area contributed by atoms with E-state index in [-0.39, 0.29) is 5.91 Å². The van der Waals surface area contributed by atoms with Crippen LogP contribution in [0, 0.1) is 6.92 Å². The Kier molecular flexibility index (Phi) is 6.30. The molecule has 1 aromatic heterocycles. The number of ether oxygens (including phenoxy) is 1. The number of amides is 1. The van der Waals surface area contributed by atoms with Gasteiger partial charge in [0.05, 0.1) is 18.2 Å². The van der Waals surface area contributed by atoms with Crippen LogP contribution in [0.5, 0.6) is 5.75 Å². The van der Waals surface area contributed by atoms with E-state index in [2.05, 4.69) is 35.0 Å². The Morgan fingerprint density at radius 3 is 2.61 bits per heavy atom. The van der Waals surface area contributed by atoms with Crippen molar-refractivity contribution < 1.29 is 9.53 Å². The third-order valence-corrected chi connectivity index (χ3v) is 6.04. The number of halogens is 1. The van der Waals surface area contributed by atoms with Crippen molar-refractivity contribution >= 4 is 39.9 Å². The summed E-state index contributed by atoms with van der Waals surface area (Å²) in [6.07, 6.45) is 0. The number of rotatable bonds is 5. The molecule has 4 rings (SSSR count). The summed E-state index contributed by atoms with van der Waals surface area (Å²) in [4.78, 5) is 22.5. The molecule has 2 heterocycles. The van der Waals surface area contributed by atoms with Crippen molar-refractivity contribution in [3.05, 3.63) is 58.6 Å². The van der Waals surface area contributed by atoms with Crippen LogP contribution < -0.4 is 15.0 Å². The van der Waals surface area contributed by atoms with E-state index in [0.29, 0.717) is 22.0 Å². The molecule has 1 aliphatic rings. The lowest BCUT2D eigenvalue weighted by molar-refractivity contribution is 0.102. The number of hydrogen-bond acceptors (Lipinski definition) is 5. The number of pyridine rings is 1. The van der Waals surface area contributed by atoms with Gasteiger partial charge in [-0.1, -0.05) is 18.5 Å². The van der Waals surface area contributed by atoms with E-state index in [0.717, 1.165) is 55.0 Å². The van der Waals surface area contributed by atoms with Crippen LogP contribution in [0.3, 0.4) is 0 Å². The van der Waals surface area contributed by atoms with Gasteiger partial charge in [0, 0.05) is 42.3 Å². The third-order valence-electron chi connectivity index (χ3n) is 5.81. The summed E-state index contributed by atoms with van der Waals surface area (Å²) < 4.78 is 5.30. The Balaban J connectivity index is 1.57. The largest absolute Gasteiger partial charge is 0.496 e. The van der Waals surface area contributed by atoms with Gasteiger partial charge in [0.1, 0.15) is 11.6 Å². The highest BCUT2D eigenvalue weighted by atomic mass is 35.5. The van der Waals surface area contributed by atoms with Crippen molar-refractivity contribution in [3.63, 3.8) is 0 Å². The molecule has 0 atom stereocenters. The lowest BCUT2D eigenvalue weighted by atomic mass is 10.1. The number of benzene rings is 2. The van der Waals surface area contributed by atoms with Gasteiger partial charge in [-0.3, -0.25) is 4.79 Å². The van der Waals surface area contributed by atoms with Crippen LogP contribution in [-0.4, -0.2) is 55.6 Å². The summed E-state index contributed by atoms with van der Waals surface area (Å²) in [5.41, 5.74) is 3.15. The third kappa shape index (κ3) is 4.60. The van der Waals surface area contributed by atoms with Crippen molar-refractivity contribution in [2.45, 2.75) is 13.8 Å². The minimum Gasteiger partial charge on any atom is -0.496 e. The van der Waals surface area contributed by atoms with Crippen molar-refractivity contribution in [1.29, 1.82) is 0 Å². The number of aryl methyl sites for hydroxylation is 1. The summed E-state index contributed by atoms with van der Waals surface area (Å²) >= 11 is 6.06. The van der Waals surface area contributed by atoms with Crippen LogP contribution in [-0.2, 0) is 0 Å². The fourth-order valence-corrected chi connectivity index (χ4v) is 4.14. The fourth-order valence-electron chi connectivity index (χ4n) is 3.97. The highest BCUT2D eigenvalue weighted by Crippen LogP contribution is 2.28. The summed E-state index contributed by atoms with van der Waals surface area (Å²) in [5, 5.41) is 4.45. The van der Waals surface area contributed by atoms with Gasteiger partial charge in [-0.05, 0) is 61.5 Å². The molecule has 0 radical (unpaired) electrons. The van der Waals surface area contributed by atoms with Crippen LogP contribution in [0.2, 0.25) is 5.02 Å². The van der Waals surface area contributed by atoms with Gasteiger partial charge in [0.15, 0.2) is 0 Å². The van der Waals surface area contributed by atoms with Crippen LogP contribution in [0.1, 0.15) is 22.8 Å². The Bertz CT molecular complexity index is 1110. The number of nitrogens with one attached hydrogen (secondary N) is 1. The van der Waals surface area contributed by atoms with Crippen LogP contribution in [0.4, 0.5) is 11.5 Å². The molecule has 0 spiro atoms. The molecule has 1 fully saturated rings. The highest BCUT2D eigenvalue weighted by Gasteiger charge is 2.18. The smallest absolute Gasteiger partial charge is 0.259 e. The first kappa shape index (κ1) is 21.4. The number of aromatic nitrogens is 1. The van der Waals surface area contributed by atoms with Gasteiger partial charge >= 0.3 is 0 Å². The molecule has 6 nitrogen and oxygen atoms in total. The van der Waals surface area contributed by atoms with Crippen molar-refractivity contribution in [2.75, 3.05) is 50.1 Å². The van der Waals surface area contributed by atoms with E-state index in [1.165, 1.54) is 7.11 Å². The SMILES string of the molecule is CCN1CCN(c2cc(C)c3cc(NC(=O)c4cc(Cl)ccc4OC)ccc3n2)CC1. The summed E-state index contributed by atoms with van der Waals surface area (Å²) in [5.74, 6) is 1.23. The number of piperazine rings is 1. The maximum Gasteiger partial charge on any atom is 0.259 e. The van der Waals surface area contributed by atoms with Crippen LogP contribution >= 0.6 is 11.6 Å². The fraction of sp³-hybridized carbons (Fsp3) is 0.333. The van der Waals surface area contributed by atoms with Gasteiger partial charge < -0.3 is 19.9 Å². The number of fused-ring (bicyclic) bond motifs is 1. The molecule has 31 heavy (non-hydrogen) atoms. The summed E-state index contributed by atoms with van der Waals surface area (Å²) in [7, 11) is 1.53. The van der Waals surface area contributed by atoms with Gasteiger partial charge in [-0.15, -0.1) is 0 Å². The van der Waals surface area contributed by atoms with Gasteiger partial charge in [0.25, 0.3) is 5.91 Å². The number of nitrogens with zero attached hydrogens (tertiary/aromatic N) is 3. The first-order valence-corrected chi connectivity index (χ1v) is 10.9. The molecule has 1 N–H and O–H groups in total. The predicted molar refractivity (Wildman–Crippen MR) is 127 cm³/mol. The Morgan fingerprint density at radius 2 is 1.90 bits per heavy atom. The first-order chi connectivity index (χ1) is 15.0. The van der Waals surface area contributed by atoms with Crippen LogP contribution in [0.15, 0.2) is 42.5 Å². The van der Waals surface area contributed by atoms with E-state index in [1.54, 1.807) is 18.2 Å². The van der Waals surface area contributed by atoms with Crippen molar-refractivity contribution in [1.82, 2.24) is 9.88 Å². The normalized spacial score (nSPS) is 14.6. The summed E-state index contributed by atoms with van der Waals surface area (Å²) in [6, 6.07) is 12.9. The zero-order chi connectivity index (χ0) is 22.0. The second-order valence-corrected chi connectivity index (χ2v) is 8.19. The molecule has 0 saturated carbocycles. The number of hydrogen-bond donors (Lipinski definition) is 1. The average molecular weight is 439 g/mol. The topological polar surface area (TPSA) is 57.7 Å². The molecule has 1 saturated heterocycles. The Morgan fingerprint density at radius 1 is 1.13 bits per heavy atom. The first-order valence-electron chi connectivity index (χ1n) is 10.5. The second-order valence-electron chi connectivity index (χ2n) is 7.75. The molecular weight excluding hydrogens is 412 g/mol. The quantitative estimate of drug-likeness (QED) is 0.630. The maximum atomic E-state index is 12.8. The van der Waals surface area contributed by atoms with Gasteiger partial charge in [-0.25, -0.2) is 4.98 Å². The Labute approximate surface area is 187 Å². The molecule has 3 aromatic rings. The lowest BCUT2D eigenvalue weighted by Gasteiger charge is -2.35. The molecule has 0 aliphatic carbocycles. The van der Waals surface area contributed by atoms with E-state index in [9.17, 15) is 4.79 Å². The van der Waals surface area contributed by atoms with Crippen LogP contribution in [0.25, 0.3) is 10.9 Å². The molecule has 2 aromatic carbocycles. The number of carbonyl (C=O) groups is 1. The Hall–Kier alpha value is -2.83. The van der Waals surface area contributed by atoms with Crippen molar-refractivity contribution in [2.24, 2.45) is 0 Å². The molecular formula is C24H27ClN4O2. The van der Waals surface area contributed by atoms with Gasteiger partial charge in [0.2, 0.25) is 0 Å².